The van der Waals surface area contributed by atoms with E-state index in [1.165, 1.54) is 0 Å². The van der Waals surface area contributed by atoms with Crippen molar-refractivity contribution in [2.75, 3.05) is 39.4 Å². The first kappa shape index (κ1) is 25.7. The molecular formula is C29H35N3O4. The van der Waals surface area contributed by atoms with Crippen LogP contribution in [0.3, 0.4) is 0 Å². The summed E-state index contributed by atoms with van der Waals surface area (Å²) in [6.45, 7) is 9.17. The maximum absolute atomic E-state index is 13.5. The van der Waals surface area contributed by atoms with Gasteiger partial charge in [-0.2, -0.15) is 0 Å². The van der Waals surface area contributed by atoms with Crippen molar-refractivity contribution in [3.63, 3.8) is 0 Å². The molecule has 0 radical (unpaired) electrons. The van der Waals surface area contributed by atoms with E-state index in [0.29, 0.717) is 13.1 Å². The Bertz CT molecular complexity index is 1200. The fourth-order valence-corrected chi connectivity index (χ4v) is 4.76. The molecule has 4 rings (SSSR count). The molecule has 2 N–H and O–H groups in total. The summed E-state index contributed by atoms with van der Waals surface area (Å²) < 4.78 is 5.44. The molecular weight excluding hydrogens is 454 g/mol. The number of nitrogens with one attached hydrogen (secondary N) is 1. The van der Waals surface area contributed by atoms with E-state index >= 15 is 0 Å². The number of amides is 2. The fraction of sp³-hybridized carbons (Fsp3) is 0.379. The Morgan fingerprint density at radius 2 is 1.83 bits per heavy atom. The largest absolute Gasteiger partial charge is 0.478 e. The molecule has 0 aromatic heterocycles. The normalized spacial score (nSPS) is 14.9. The number of urea groups is 1. The van der Waals surface area contributed by atoms with E-state index in [-0.39, 0.29) is 17.6 Å². The molecule has 190 valence electrons. The van der Waals surface area contributed by atoms with Crippen LogP contribution in [0.1, 0.15) is 46.4 Å². The number of nitrogens with zero attached hydrogens (tertiary/aromatic N) is 2. The van der Waals surface area contributed by atoms with Crippen molar-refractivity contribution >= 4 is 22.8 Å². The first-order valence-corrected chi connectivity index (χ1v) is 12.6. The van der Waals surface area contributed by atoms with Crippen LogP contribution in [0.15, 0.2) is 60.7 Å². The summed E-state index contributed by atoms with van der Waals surface area (Å²) in [6.07, 6.45) is 0.850. The molecule has 1 unspecified atom stereocenters. The average Bonchev–Trinajstić information content (AvgIpc) is 2.89. The average molecular weight is 490 g/mol. The van der Waals surface area contributed by atoms with E-state index in [1.807, 2.05) is 43.0 Å². The first-order chi connectivity index (χ1) is 17.4. The molecule has 0 bridgehead atoms. The van der Waals surface area contributed by atoms with Crippen LogP contribution < -0.4 is 5.32 Å². The number of carbonyl (C=O) groups is 2. The summed E-state index contributed by atoms with van der Waals surface area (Å²) in [5, 5.41) is 14.8. The van der Waals surface area contributed by atoms with Gasteiger partial charge in [-0.05, 0) is 59.9 Å². The second-order valence-corrected chi connectivity index (χ2v) is 9.42. The van der Waals surface area contributed by atoms with Crippen molar-refractivity contribution in [2.45, 2.75) is 32.9 Å². The van der Waals surface area contributed by atoms with Crippen LogP contribution in [0.2, 0.25) is 0 Å². The molecule has 1 aliphatic heterocycles. The summed E-state index contributed by atoms with van der Waals surface area (Å²) in [4.78, 5) is 29.1. The van der Waals surface area contributed by atoms with Gasteiger partial charge in [-0.25, -0.2) is 9.59 Å². The molecule has 1 heterocycles. The molecule has 0 aliphatic carbocycles. The number of carbonyl (C=O) groups excluding carboxylic acids is 1. The minimum atomic E-state index is -0.950. The van der Waals surface area contributed by atoms with Crippen LogP contribution >= 0.6 is 0 Å². The van der Waals surface area contributed by atoms with Crippen molar-refractivity contribution in [1.82, 2.24) is 15.1 Å². The monoisotopic (exact) mass is 489 g/mol. The van der Waals surface area contributed by atoms with Gasteiger partial charge in [0.05, 0.1) is 24.8 Å². The van der Waals surface area contributed by atoms with E-state index in [0.717, 1.165) is 66.7 Å². The Morgan fingerprint density at radius 3 is 2.58 bits per heavy atom. The molecule has 1 atom stereocenters. The number of benzene rings is 3. The van der Waals surface area contributed by atoms with Gasteiger partial charge in [-0.3, -0.25) is 4.90 Å². The summed E-state index contributed by atoms with van der Waals surface area (Å²) in [5.74, 6) is -0.950. The zero-order valence-corrected chi connectivity index (χ0v) is 21.1. The van der Waals surface area contributed by atoms with Gasteiger partial charge in [0.1, 0.15) is 0 Å². The lowest BCUT2D eigenvalue weighted by molar-refractivity contribution is 0.0364. The number of rotatable bonds is 9. The van der Waals surface area contributed by atoms with E-state index in [9.17, 15) is 14.7 Å². The number of hydrogen-bond donors (Lipinski definition) is 2. The van der Waals surface area contributed by atoms with Gasteiger partial charge in [0.25, 0.3) is 0 Å². The van der Waals surface area contributed by atoms with Crippen molar-refractivity contribution in [3.05, 3.63) is 82.9 Å². The maximum atomic E-state index is 13.5. The third-order valence-electron chi connectivity index (χ3n) is 6.87. The summed E-state index contributed by atoms with van der Waals surface area (Å²) in [7, 11) is 0. The van der Waals surface area contributed by atoms with Crippen LogP contribution in [0.4, 0.5) is 4.79 Å². The Balaban J connectivity index is 1.49. The molecule has 1 fully saturated rings. The highest BCUT2D eigenvalue weighted by Crippen LogP contribution is 2.24. The highest BCUT2D eigenvalue weighted by molar-refractivity contribution is 5.88. The molecule has 1 saturated heterocycles. The van der Waals surface area contributed by atoms with Crippen LogP contribution in [0.5, 0.6) is 0 Å². The Hall–Kier alpha value is -3.42. The summed E-state index contributed by atoms with van der Waals surface area (Å²) >= 11 is 0. The van der Waals surface area contributed by atoms with E-state index in [4.69, 9.17) is 4.74 Å². The second kappa shape index (κ2) is 12.0. The third kappa shape index (κ3) is 6.42. The number of carboxylic acid groups (broad SMARTS) is 1. The molecule has 7 heteroatoms. The highest BCUT2D eigenvalue weighted by Gasteiger charge is 2.20. The highest BCUT2D eigenvalue weighted by atomic mass is 16.5. The standard InChI is InChI=1S/C29H35N3O4/c1-21-19-24(28(33)34)11-12-25(21)20-32(14-6-13-31-15-17-36-18-16-31)29(35)30-22(2)26-10-5-8-23-7-3-4-9-27(23)26/h3-5,7-12,19,22H,6,13-18,20H2,1-2H3,(H,30,35)(H,33,34). The van der Waals surface area contributed by atoms with Gasteiger partial charge in [-0.1, -0.05) is 48.5 Å². The van der Waals surface area contributed by atoms with Gasteiger partial charge in [0.2, 0.25) is 0 Å². The number of morpholine rings is 1. The van der Waals surface area contributed by atoms with Crippen molar-refractivity contribution in [1.29, 1.82) is 0 Å². The first-order valence-electron chi connectivity index (χ1n) is 12.6. The summed E-state index contributed by atoms with van der Waals surface area (Å²) in [5.41, 5.74) is 3.14. The minimum absolute atomic E-state index is 0.126. The lowest BCUT2D eigenvalue weighted by Gasteiger charge is -2.29. The number of fused-ring (bicyclic) bond motifs is 1. The zero-order valence-electron chi connectivity index (χ0n) is 21.1. The van der Waals surface area contributed by atoms with E-state index < -0.39 is 5.97 Å². The SMILES string of the molecule is Cc1cc(C(=O)O)ccc1CN(CCCN1CCOCC1)C(=O)NC(C)c1cccc2ccccc12. The van der Waals surface area contributed by atoms with Gasteiger partial charge in [0.15, 0.2) is 0 Å². The van der Waals surface area contributed by atoms with Gasteiger partial charge < -0.3 is 20.1 Å². The molecule has 36 heavy (non-hydrogen) atoms. The van der Waals surface area contributed by atoms with Crippen molar-refractivity contribution < 1.29 is 19.4 Å². The lowest BCUT2D eigenvalue weighted by Crippen LogP contribution is -2.43. The second-order valence-electron chi connectivity index (χ2n) is 9.42. The predicted molar refractivity (Wildman–Crippen MR) is 141 cm³/mol. The minimum Gasteiger partial charge on any atom is -0.478 e. The van der Waals surface area contributed by atoms with Crippen molar-refractivity contribution in [3.8, 4) is 0 Å². The molecule has 7 nitrogen and oxygen atoms in total. The number of hydrogen-bond acceptors (Lipinski definition) is 4. The van der Waals surface area contributed by atoms with Gasteiger partial charge in [-0.15, -0.1) is 0 Å². The predicted octanol–water partition coefficient (Wildman–Crippen LogP) is 4.84. The maximum Gasteiger partial charge on any atom is 0.335 e. The van der Waals surface area contributed by atoms with Gasteiger partial charge >= 0.3 is 12.0 Å². The van der Waals surface area contributed by atoms with Crippen LogP contribution in [-0.4, -0.2) is 66.3 Å². The van der Waals surface area contributed by atoms with Crippen LogP contribution in [0, 0.1) is 6.92 Å². The summed E-state index contributed by atoms with van der Waals surface area (Å²) in [6, 6.07) is 19.1. The molecule has 1 aliphatic rings. The van der Waals surface area contributed by atoms with Gasteiger partial charge in [0, 0.05) is 32.7 Å². The zero-order chi connectivity index (χ0) is 25.5. The van der Waals surface area contributed by atoms with Crippen LogP contribution in [-0.2, 0) is 11.3 Å². The Kier molecular flexibility index (Phi) is 8.57. The van der Waals surface area contributed by atoms with E-state index in [2.05, 4.69) is 34.5 Å². The van der Waals surface area contributed by atoms with E-state index in [1.54, 1.807) is 12.1 Å². The fourth-order valence-electron chi connectivity index (χ4n) is 4.76. The topological polar surface area (TPSA) is 82.1 Å². The van der Waals surface area contributed by atoms with Crippen molar-refractivity contribution in [2.24, 2.45) is 0 Å². The molecule has 3 aromatic carbocycles. The number of aryl methyl sites for hydroxylation is 1. The number of carboxylic acids is 1. The Labute approximate surface area is 212 Å². The lowest BCUT2D eigenvalue weighted by atomic mass is 10.00. The quantitative estimate of drug-likeness (QED) is 0.449. The Morgan fingerprint density at radius 1 is 1.08 bits per heavy atom. The number of ether oxygens (including phenoxy) is 1. The van der Waals surface area contributed by atoms with Crippen LogP contribution in [0.25, 0.3) is 10.8 Å². The molecule has 0 saturated carbocycles. The molecule has 0 spiro atoms. The smallest absolute Gasteiger partial charge is 0.335 e. The number of aromatic carboxylic acids is 1. The third-order valence-corrected chi connectivity index (χ3v) is 6.87. The molecule has 2 amide bonds. The molecule has 3 aromatic rings.